The van der Waals surface area contributed by atoms with Crippen LogP contribution in [-0.4, -0.2) is 53.6 Å². The second-order valence-corrected chi connectivity index (χ2v) is 10.8. The van der Waals surface area contributed by atoms with Crippen LogP contribution >= 0.6 is 0 Å². The van der Waals surface area contributed by atoms with Crippen molar-refractivity contribution in [3.63, 3.8) is 0 Å². The van der Waals surface area contributed by atoms with Crippen molar-refractivity contribution in [1.29, 1.82) is 0 Å². The third kappa shape index (κ3) is 10.7. The number of carbonyl (C=O) groups excluding carboxylic acids is 4. The van der Waals surface area contributed by atoms with E-state index in [4.69, 9.17) is 14.2 Å². The molecule has 3 aromatic rings. The van der Waals surface area contributed by atoms with Crippen molar-refractivity contribution in [3.8, 4) is 0 Å². The summed E-state index contributed by atoms with van der Waals surface area (Å²) in [7, 11) is 1.46. The maximum absolute atomic E-state index is 13.7. The number of nitrogens with zero attached hydrogens (tertiary/aromatic N) is 1. The fourth-order valence-corrected chi connectivity index (χ4v) is 3.96. The van der Waals surface area contributed by atoms with Crippen molar-refractivity contribution in [2.75, 3.05) is 7.05 Å². The Morgan fingerprint density at radius 2 is 1.21 bits per heavy atom. The van der Waals surface area contributed by atoms with Gasteiger partial charge in [-0.3, -0.25) is 14.5 Å². The van der Waals surface area contributed by atoms with Crippen LogP contribution in [0, 0.1) is 0 Å². The van der Waals surface area contributed by atoms with Crippen LogP contribution in [0.1, 0.15) is 43.9 Å². The second-order valence-electron chi connectivity index (χ2n) is 10.8. The molecule has 9 heteroatoms. The molecule has 0 spiro atoms. The molecule has 0 fully saturated rings. The number of ether oxygens (including phenoxy) is 3. The Hall–Kier alpha value is -4.66. The molecular weight excluding hydrogens is 536 g/mol. The summed E-state index contributed by atoms with van der Waals surface area (Å²) in [6.45, 7) is 5.15. The number of hydrogen-bond acceptors (Lipinski definition) is 7. The zero-order valence-corrected chi connectivity index (χ0v) is 24.4. The minimum atomic E-state index is -1.35. The zero-order chi connectivity index (χ0) is 30.5. The van der Waals surface area contributed by atoms with E-state index in [1.165, 1.54) is 11.9 Å². The van der Waals surface area contributed by atoms with Gasteiger partial charge in [-0.2, -0.15) is 0 Å². The van der Waals surface area contributed by atoms with Crippen molar-refractivity contribution in [3.05, 3.63) is 108 Å². The summed E-state index contributed by atoms with van der Waals surface area (Å²) in [4.78, 5) is 53.8. The first-order valence-corrected chi connectivity index (χ1v) is 13.7. The van der Waals surface area contributed by atoms with E-state index in [0.717, 1.165) is 16.7 Å². The molecule has 0 aliphatic heterocycles. The molecule has 3 aromatic carbocycles. The highest BCUT2D eigenvalue weighted by Gasteiger charge is 2.34. The summed E-state index contributed by atoms with van der Waals surface area (Å²) in [5, 5.41) is 2.64. The Labute approximate surface area is 246 Å². The van der Waals surface area contributed by atoms with Gasteiger partial charge in [-0.15, -0.1) is 0 Å². The molecule has 0 unspecified atom stereocenters. The molecule has 222 valence electrons. The van der Waals surface area contributed by atoms with Gasteiger partial charge in [0.05, 0.1) is 6.42 Å². The molecule has 2 amide bonds. The highest BCUT2D eigenvalue weighted by Crippen LogP contribution is 2.15. The number of likely N-dealkylation sites (N-methyl/N-ethyl adjacent to an activating group) is 1. The number of carbonyl (C=O) groups is 4. The van der Waals surface area contributed by atoms with Gasteiger partial charge in [-0.25, -0.2) is 9.59 Å². The molecule has 0 aliphatic rings. The van der Waals surface area contributed by atoms with Crippen molar-refractivity contribution >= 4 is 23.9 Å². The van der Waals surface area contributed by atoms with E-state index in [1.807, 2.05) is 66.7 Å². The number of rotatable bonds is 12. The van der Waals surface area contributed by atoms with Crippen LogP contribution in [-0.2, 0) is 48.2 Å². The lowest BCUT2D eigenvalue weighted by atomic mass is 10.0. The minimum absolute atomic E-state index is 0.0113. The molecule has 42 heavy (non-hydrogen) atoms. The third-order valence-electron chi connectivity index (χ3n) is 6.16. The van der Waals surface area contributed by atoms with Gasteiger partial charge in [0.15, 0.2) is 0 Å². The van der Waals surface area contributed by atoms with Gasteiger partial charge in [-0.1, -0.05) is 91.0 Å². The van der Waals surface area contributed by atoms with Crippen LogP contribution in [0.25, 0.3) is 0 Å². The van der Waals surface area contributed by atoms with E-state index in [0.29, 0.717) is 0 Å². The highest BCUT2D eigenvalue weighted by molar-refractivity contribution is 5.91. The normalized spacial score (nSPS) is 12.4. The van der Waals surface area contributed by atoms with E-state index in [9.17, 15) is 19.2 Å². The third-order valence-corrected chi connectivity index (χ3v) is 6.16. The monoisotopic (exact) mass is 574 g/mol. The van der Waals surface area contributed by atoms with E-state index in [2.05, 4.69) is 5.32 Å². The van der Waals surface area contributed by atoms with Crippen LogP contribution < -0.4 is 5.32 Å². The quantitative estimate of drug-likeness (QED) is 0.244. The van der Waals surface area contributed by atoms with E-state index in [-0.39, 0.29) is 19.6 Å². The van der Waals surface area contributed by atoms with Gasteiger partial charge in [0, 0.05) is 13.5 Å². The first-order chi connectivity index (χ1) is 20.0. The number of amides is 2. The van der Waals surface area contributed by atoms with Crippen LogP contribution in [0.3, 0.4) is 0 Å². The van der Waals surface area contributed by atoms with Gasteiger partial charge in [0.2, 0.25) is 5.91 Å². The number of esters is 2. The lowest BCUT2D eigenvalue weighted by Gasteiger charge is -2.31. The Bertz CT molecular complexity index is 1310. The number of benzene rings is 3. The SMILES string of the molecule is CN(C(=O)OC(C)(C)C)[C@@H](Cc1ccccc1)C(=O)N[C@@H](CC(=O)OCc1ccccc1)C(=O)OCc1ccccc1. The predicted molar refractivity (Wildman–Crippen MR) is 157 cm³/mol. The van der Waals surface area contributed by atoms with E-state index < -0.39 is 48.0 Å². The molecule has 9 nitrogen and oxygen atoms in total. The lowest BCUT2D eigenvalue weighted by Crippen LogP contribution is -2.54. The molecule has 3 rings (SSSR count). The van der Waals surface area contributed by atoms with Crippen LogP contribution in [0.2, 0.25) is 0 Å². The molecule has 1 N–H and O–H groups in total. The predicted octanol–water partition coefficient (Wildman–Crippen LogP) is 4.83. The number of hydrogen-bond donors (Lipinski definition) is 1. The topological polar surface area (TPSA) is 111 Å². The van der Waals surface area contributed by atoms with Crippen molar-refractivity contribution in [2.24, 2.45) is 0 Å². The Kier molecular flexibility index (Phi) is 11.7. The van der Waals surface area contributed by atoms with Gasteiger partial charge in [0.1, 0.15) is 30.9 Å². The van der Waals surface area contributed by atoms with Gasteiger partial charge < -0.3 is 19.5 Å². The van der Waals surface area contributed by atoms with Crippen LogP contribution in [0.5, 0.6) is 0 Å². The molecule has 0 radical (unpaired) electrons. The van der Waals surface area contributed by atoms with Crippen molar-refractivity contribution in [1.82, 2.24) is 10.2 Å². The number of nitrogens with one attached hydrogen (secondary N) is 1. The summed E-state index contributed by atoms with van der Waals surface area (Å²) in [5.74, 6) is -2.15. The molecule has 0 aromatic heterocycles. The first-order valence-electron chi connectivity index (χ1n) is 13.7. The molecular formula is C33H38N2O7. The van der Waals surface area contributed by atoms with Crippen LogP contribution in [0.15, 0.2) is 91.0 Å². The molecule has 0 bridgehead atoms. The molecule has 0 saturated heterocycles. The zero-order valence-electron chi connectivity index (χ0n) is 24.4. The first kappa shape index (κ1) is 31.9. The average molecular weight is 575 g/mol. The van der Waals surface area contributed by atoms with E-state index >= 15 is 0 Å². The maximum Gasteiger partial charge on any atom is 0.410 e. The summed E-state index contributed by atoms with van der Waals surface area (Å²) in [5.41, 5.74) is 1.53. The minimum Gasteiger partial charge on any atom is -0.461 e. The molecule has 0 heterocycles. The maximum atomic E-state index is 13.7. The largest absolute Gasteiger partial charge is 0.461 e. The van der Waals surface area contributed by atoms with Crippen molar-refractivity contribution < 1.29 is 33.4 Å². The summed E-state index contributed by atoms with van der Waals surface area (Å²) in [6.07, 6.45) is -1.02. The fraction of sp³-hybridized carbons (Fsp3) is 0.333. The molecule has 0 saturated carbocycles. The van der Waals surface area contributed by atoms with Gasteiger partial charge in [0.25, 0.3) is 0 Å². The molecule has 2 atom stereocenters. The Morgan fingerprint density at radius 1 is 0.738 bits per heavy atom. The lowest BCUT2D eigenvalue weighted by molar-refractivity contribution is -0.155. The van der Waals surface area contributed by atoms with Gasteiger partial charge >= 0.3 is 18.0 Å². The second kappa shape index (κ2) is 15.4. The summed E-state index contributed by atoms with van der Waals surface area (Å²) >= 11 is 0. The summed E-state index contributed by atoms with van der Waals surface area (Å²) < 4.78 is 16.3. The Balaban J connectivity index is 1.79. The van der Waals surface area contributed by atoms with Crippen molar-refractivity contribution in [2.45, 2.75) is 64.5 Å². The smallest absolute Gasteiger partial charge is 0.410 e. The summed E-state index contributed by atoms with van der Waals surface area (Å²) in [6, 6.07) is 24.9. The fourth-order valence-electron chi connectivity index (χ4n) is 3.96. The van der Waals surface area contributed by atoms with E-state index in [1.54, 1.807) is 45.0 Å². The van der Waals surface area contributed by atoms with Crippen LogP contribution in [0.4, 0.5) is 4.79 Å². The standard InChI is InChI=1S/C33H38N2O7/c1-33(2,3)42-32(39)35(4)28(20-24-14-8-5-9-15-24)30(37)34-27(31(38)41-23-26-18-12-7-13-19-26)21-29(36)40-22-25-16-10-6-11-17-25/h5-19,27-28H,20-23H2,1-4H3,(H,34,37)/t27-,28-/m0/s1. The Morgan fingerprint density at radius 3 is 1.71 bits per heavy atom. The average Bonchev–Trinajstić information content (AvgIpc) is 2.97. The molecule has 0 aliphatic carbocycles. The highest BCUT2D eigenvalue weighted by atomic mass is 16.6. The van der Waals surface area contributed by atoms with Gasteiger partial charge in [-0.05, 0) is 37.5 Å².